The predicted molar refractivity (Wildman–Crippen MR) is 58.8 cm³/mol. The molecule has 0 N–H and O–H groups in total. The normalized spacial score (nSPS) is 15.2. The van der Waals surface area contributed by atoms with Crippen molar-refractivity contribution in [1.82, 2.24) is 14.4 Å². The van der Waals surface area contributed by atoms with Gasteiger partial charge in [0, 0.05) is 20.3 Å². The highest BCUT2D eigenvalue weighted by molar-refractivity contribution is 5.97. The van der Waals surface area contributed by atoms with Crippen molar-refractivity contribution in [1.29, 1.82) is 5.26 Å². The number of aromatic nitrogens is 1. The van der Waals surface area contributed by atoms with Crippen LogP contribution < -0.4 is 0 Å². The van der Waals surface area contributed by atoms with Crippen molar-refractivity contribution in [2.45, 2.75) is 0 Å². The molecule has 0 spiro atoms. The summed E-state index contributed by atoms with van der Waals surface area (Å²) < 4.78 is 1.60. The summed E-state index contributed by atoms with van der Waals surface area (Å²) in [4.78, 5) is 26.4. The number of carbonyl (C=O) groups is 2. The molecule has 1 fully saturated rings. The van der Waals surface area contributed by atoms with Gasteiger partial charge in [-0.1, -0.05) is 0 Å². The van der Waals surface area contributed by atoms with Crippen LogP contribution in [0.3, 0.4) is 0 Å². The van der Waals surface area contributed by atoms with Crippen LogP contribution in [0.5, 0.6) is 0 Å². The average Bonchev–Trinajstić information content (AvgIpc) is 2.82. The van der Waals surface area contributed by atoms with Gasteiger partial charge in [-0.3, -0.25) is 9.59 Å². The standard InChI is InChI=1S/C11H12N4O2/c1-13-5-8(4-12)3-9(13)11(17)15-6-10(16)14(2)7-15/h3,5H,6-7H2,1-2H3. The second-order valence-electron chi connectivity index (χ2n) is 4.07. The van der Waals surface area contributed by atoms with Crippen molar-refractivity contribution in [2.75, 3.05) is 20.3 Å². The highest BCUT2D eigenvalue weighted by Gasteiger charge is 2.30. The van der Waals surface area contributed by atoms with Crippen LogP contribution in [0, 0.1) is 11.3 Å². The summed E-state index contributed by atoms with van der Waals surface area (Å²) in [5.41, 5.74) is 0.861. The van der Waals surface area contributed by atoms with Crippen LogP contribution >= 0.6 is 0 Å². The molecule has 0 aliphatic carbocycles. The monoisotopic (exact) mass is 232 g/mol. The van der Waals surface area contributed by atoms with Gasteiger partial charge in [0.2, 0.25) is 5.91 Å². The molecule has 0 radical (unpaired) electrons. The molecule has 6 nitrogen and oxygen atoms in total. The van der Waals surface area contributed by atoms with Gasteiger partial charge in [0.1, 0.15) is 18.3 Å². The molecular formula is C11H12N4O2. The summed E-state index contributed by atoms with van der Waals surface area (Å²) in [6, 6.07) is 3.52. The molecule has 1 aromatic rings. The van der Waals surface area contributed by atoms with Crippen molar-refractivity contribution in [3.05, 3.63) is 23.5 Å². The Labute approximate surface area is 98.6 Å². The quantitative estimate of drug-likeness (QED) is 0.671. The molecule has 0 atom stereocenters. The number of carbonyl (C=O) groups excluding carboxylic acids is 2. The fraction of sp³-hybridized carbons (Fsp3) is 0.364. The molecule has 1 saturated heterocycles. The third kappa shape index (κ3) is 1.87. The number of rotatable bonds is 1. The zero-order chi connectivity index (χ0) is 12.6. The van der Waals surface area contributed by atoms with E-state index in [1.54, 1.807) is 24.9 Å². The van der Waals surface area contributed by atoms with Gasteiger partial charge in [0.25, 0.3) is 5.91 Å². The minimum atomic E-state index is -0.230. The van der Waals surface area contributed by atoms with E-state index >= 15 is 0 Å². The molecule has 0 bridgehead atoms. The lowest BCUT2D eigenvalue weighted by Gasteiger charge is -2.15. The number of nitrogens with zero attached hydrogens (tertiary/aromatic N) is 4. The van der Waals surface area contributed by atoms with Gasteiger partial charge in [-0.15, -0.1) is 0 Å². The summed E-state index contributed by atoms with van der Waals surface area (Å²) in [5, 5.41) is 8.76. The van der Waals surface area contributed by atoms with Crippen LogP contribution in [-0.2, 0) is 11.8 Å². The molecule has 17 heavy (non-hydrogen) atoms. The van der Waals surface area contributed by atoms with Crippen molar-refractivity contribution >= 4 is 11.8 Å². The molecule has 0 aromatic carbocycles. The second-order valence-corrected chi connectivity index (χ2v) is 4.07. The Hall–Kier alpha value is -2.29. The van der Waals surface area contributed by atoms with E-state index < -0.39 is 0 Å². The zero-order valence-electron chi connectivity index (χ0n) is 9.67. The first-order valence-corrected chi connectivity index (χ1v) is 5.12. The molecule has 2 rings (SSSR count). The van der Waals surface area contributed by atoms with E-state index in [1.807, 2.05) is 6.07 Å². The minimum absolute atomic E-state index is 0.0759. The first-order chi connectivity index (χ1) is 8.02. The molecule has 2 heterocycles. The number of likely N-dealkylation sites (N-methyl/N-ethyl adjacent to an activating group) is 1. The number of hydrogen-bond donors (Lipinski definition) is 0. The number of aryl methyl sites for hydroxylation is 1. The van der Waals surface area contributed by atoms with Gasteiger partial charge in [0.15, 0.2) is 0 Å². The molecule has 1 aliphatic heterocycles. The Morgan fingerprint density at radius 1 is 1.47 bits per heavy atom. The lowest BCUT2D eigenvalue weighted by molar-refractivity contribution is -0.125. The Bertz CT molecular complexity index is 526. The van der Waals surface area contributed by atoms with Gasteiger partial charge < -0.3 is 14.4 Å². The van der Waals surface area contributed by atoms with E-state index in [4.69, 9.17) is 5.26 Å². The van der Waals surface area contributed by atoms with E-state index in [-0.39, 0.29) is 18.4 Å². The van der Waals surface area contributed by atoms with E-state index in [9.17, 15) is 9.59 Å². The topological polar surface area (TPSA) is 69.3 Å². The molecule has 6 heteroatoms. The maximum atomic E-state index is 12.1. The van der Waals surface area contributed by atoms with Gasteiger partial charge >= 0.3 is 0 Å². The maximum absolute atomic E-state index is 12.1. The maximum Gasteiger partial charge on any atom is 0.272 e. The van der Waals surface area contributed by atoms with Crippen LogP contribution in [0.25, 0.3) is 0 Å². The molecule has 0 saturated carbocycles. The summed E-state index contributed by atoms with van der Waals surface area (Å²) in [5.74, 6) is -0.306. The number of hydrogen-bond acceptors (Lipinski definition) is 3. The van der Waals surface area contributed by atoms with Gasteiger partial charge in [-0.05, 0) is 6.07 Å². The van der Waals surface area contributed by atoms with Gasteiger partial charge in [-0.25, -0.2) is 0 Å². The fourth-order valence-electron chi connectivity index (χ4n) is 1.81. The third-order valence-electron chi connectivity index (χ3n) is 2.78. The Morgan fingerprint density at radius 2 is 2.18 bits per heavy atom. The van der Waals surface area contributed by atoms with Crippen LogP contribution in [0.2, 0.25) is 0 Å². The first-order valence-electron chi connectivity index (χ1n) is 5.12. The van der Waals surface area contributed by atoms with Crippen LogP contribution in [0.1, 0.15) is 16.1 Å². The largest absolute Gasteiger partial charge is 0.345 e. The SMILES string of the molecule is CN1CN(C(=O)c2cc(C#N)cn2C)CC1=O. The molecule has 0 unspecified atom stereocenters. The van der Waals surface area contributed by atoms with E-state index in [2.05, 4.69) is 0 Å². The van der Waals surface area contributed by atoms with Crippen LogP contribution in [-0.4, -0.2) is 46.4 Å². The van der Waals surface area contributed by atoms with Gasteiger partial charge in [0.05, 0.1) is 12.2 Å². The molecule has 2 amide bonds. The van der Waals surface area contributed by atoms with Crippen molar-refractivity contribution < 1.29 is 9.59 Å². The van der Waals surface area contributed by atoms with Crippen molar-refractivity contribution in [2.24, 2.45) is 7.05 Å². The molecule has 88 valence electrons. The smallest absolute Gasteiger partial charge is 0.272 e. The zero-order valence-corrected chi connectivity index (χ0v) is 9.67. The average molecular weight is 232 g/mol. The predicted octanol–water partition coefficient (Wildman–Crippen LogP) is -0.232. The Morgan fingerprint density at radius 3 is 2.65 bits per heavy atom. The van der Waals surface area contributed by atoms with Crippen LogP contribution in [0.4, 0.5) is 0 Å². The lowest BCUT2D eigenvalue weighted by atomic mass is 10.3. The Kier molecular flexibility index (Phi) is 2.60. The fourth-order valence-corrected chi connectivity index (χ4v) is 1.81. The lowest BCUT2D eigenvalue weighted by Crippen LogP contribution is -2.31. The van der Waals surface area contributed by atoms with E-state index in [0.29, 0.717) is 17.9 Å². The highest BCUT2D eigenvalue weighted by Crippen LogP contribution is 2.13. The second kappa shape index (κ2) is 3.94. The first kappa shape index (κ1) is 11.2. The minimum Gasteiger partial charge on any atom is -0.345 e. The summed E-state index contributed by atoms with van der Waals surface area (Å²) in [7, 11) is 3.36. The number of amides is 2. The molecule has 1 aliphatic rings. The highest BCUT2D eigenvalue weighted by atomic mass is 16.2. The van der Waals surface area contributed by atoms with Gasteiger partial charge in [-0.2, -0.15) is 5.26 Å². The van der Waals surface area contributed by atoms with Crippen LogP contribution in [0.15, 0.2) is 12.3 Å². The molecular weight excluding hydrogens is 220 g/mol. The Balaban J connectivity index is 2.23. The summed E-state index contributed by atoms with van der Waals surface area (Å²) in [6.45, 7) is 0.396. The third-order valence-corrected chi connectivity index (χ3v) is 2.78. The number of nitriles is 1. The van der Waals surface area contributed by atoms with E-state index in [0.717, 1.165) is 0 Å². The summed E-state index contributed by atoms with van der Waals surface area (Å²) >= 11 is 0. The van der Waals surface area contributed by atoms with Crippen molar-refractivity contribution in [3.8, 4) is 6.07 Å². The summed E-state index contributed by atoms with van der Waals surface area (Å²) in [6.07, 6.45) is 1.59. The molecule has 1 aromatic heterocycles. The van der Waals surface area contributed by atoms with Crippen molar-refractivity contribution in [3.63, 3.8) is 0 Å². The van der Waals surface area contributed by atoms with E-state index in [1.165, 1.54) is 15.9 Å².